The second kappa shape index (κ2) is 10.7. The molecule has 0 unspecified atom stereocenters. The van der Waals surface area contributed by atoms with Gasteiger partial charge in [-0.1, -0.05) is 67.8 Å². The first-order valence-electron chi connectivity index (χ1n) is 11.5. The van der Waals surface area contributed by atoms with Gasteiger partial charge in [-0.15, -0.1) is 0 Å². The normalized spacial score (nSPS) is 15.1. The van der Waals surface area contributed by atoms with Gasteiger partial charge < -0.3 is 10.2 Å². The lowest BCUT2D eigenvalue weighted by molar-refractivity contribution is -0.127. The smallest absolute Gasteiger partial charge is 0.276 e. The lowest BCUT2D eigenvalue weighted by atomic mass is 9.94. The molecule has 1 aliphatic carbocycles. The van der Waals surface area contributed by atoms with Gasteiger partial charge in [0, 0.05) is 12.6 Å². The van der Waals surface area contributed by atoms with Crippen LogP contribution in [-0.2, 0) is 11.3 Å². The maximum atomic E-state index is 13.7. The molecule has 4 rings (SSSR count). The topological polar surface area (TPSA) is 75.2 Å². The Balaban J connectivity index is 1.73. The minimum Gasteiger partial charge on any atom is -0.351 e. The third kappa shape index (κ3) is 5.47. The number of aryl methyl sites for hydroxylation is 1. The number of benzene rings is 2. The first-order valence-corrected chi connectivity index (χ1v) is 12.3. The number of hydrogen-bond acceptors (Lipinski definition) is 5. The second-order valence-electron chi connectivity index (χ2n) is 8.74. The Hall–Kier alpha value is -3.06. The largest absolute Gasteiger partial charge is 0.351 e. The molecule has 1 fully saturated rings. The molecule has 33 heavy (non-hydrogen) atoms. The fourth-order valence-electron chi connectivity index (χ4n) is 4.49. The van der Waals surface area contributed by atoms with Gasteiger partial charge in [0.1, 0.15) is 6.04 Å². The molecule has 1 atom stereocenters. The van der Waals surface area contributed by atoms with Crippen molar-refractivity contribution in [1.29, 1.82) is 0 Å². The SMILES string of the molecule is Cc1cccc(CN(C(=O)c2cnsn2)[C@H](C(=O)NC2CCCCC2)c2ccccc2)c1C. The molecule has 0 spiro atoms. The quantitative estimate of drug-likeness (QED) is 0.537. The summed E-state index contributed by atoms with van der Waals surface area (Å²) in [6.45, 7) is 4.42. The molecule has 1 saturated carbocycles. The van der Waals surface area contributed by atoms with Crippen LogP contribution in [0.5, 0.6) is 0 Å². The molecule has 1 N–H and O–H groups in total. The zero-order valence-corrected chi connectivity index (χ0v) is 20.0. The van der Waals surface area contributed by atoms with Crippen molar-refractivity contribution in [2.24, 2.45) is 0 Å². The van der Waals surface area contributed by atoms with Gasteiger partial charge in [-0.25, -0.2) is 0 Å². The molecule has 6 nitrogen and oxygen atoms in total. The van der Waals surface area contributed by atoms with Gasteiger partial charge in [-0.3, -0.25) is 9.59 Å². The van der Waals surface area contributed by atoms with Gasteiger partial charge in [-0.2, -0.15) is 8.75 Å². The summed E-state index contributed by atoms with van der Waals surface area (Å²) in [5.41, 5.74) is 4.33. The number of amides is 2. The minimum atomic E-state index is -0.762. The summed E-state index contributed by atoms with van der Waals surface area (Å²) in [5.74, 6) is -0.438. The highest BCUT2D eigenvalue weighted by Crippen LogP contribution is 2.28. The monoisotopic (exact) mass is 462 g/mol. The molecule has 172 valence electrons. The zero-order valence-electron chi connectivity index (χ0n) is 19.2. The van der Waals surface area contributed by atoms with Crippen molar-refractivity contribution in [1.82, 2.24) is 19.0 Å². The van der Waals surface area contributed by atoms with Crippen molar-refractivity contribution < 1.29 is 9.59 Å². The van der Waals surface area contributed by atoms with Crippen LogP contribution in [0.2, 0.25) is 0 Å². The van der Waals surface area contributed by atoms with E-state index in [-0.39, 0.29) is 23.6 Å². The molecule has 2 aromatic carbocycles. The minimum absolute atomic E-state index is 0.144. The average Bonchev–Trinajstić information content (AvgIpc) is 3.37. The maximum absolute atomic E-state index is 13.7. The zero-order chi connectivity index (χ0) is 23.2. The molecule has 1 aromatic heterocycles. The molecular formula is C26H30N4O2S. The standard InChI is InChI=1S/C26H30N4O2S/c1-18-10-9-13-21(19(18)2)17-30(26(32)23-16-27-33-29-23)24(20-11-5-3-6-12-20)25(31)28-22-14-7-4-8-15-22/h3,5-6,9-13,16,22,24H,4,7-8,14-15,17H2,1-2H3,(H,28,31)/t24-/m0/s1. The van der Waals surface area contributed by atoms with Crippen LogP contribution in [0.3, 0.4) is 0 Å². The second-order valence-corrected chi connectivity index (χ2v) is 9.30. The first-order chi connectivity index (χ1) is 16.0. The van der Waals surface area contributed by atoms with Crippen molar-refractivity contribution in [3.8, 4) is 0 Å². The van der Waals surface area contributed by atoms with Gasteiger partial charge >= 0.3 is 0 Å². The molecule has 1 aliphatic rings. The Labute approximate surface area is 199 Å². The summed E-state index contributed by atoms with van der Waals surface area (Å²) in [7, 11) is 0. The highest BCUT2D eigenvalue weighted by Gasteiger charge is 2.34. The van der Waals surface area contributed by atoms with Crippen LogP contribution >= 0.6 is 11.7 Å². The first kappa shape index (κ1) is 23.1. The number of aromatic nitrogens is 2. The molecule has 1 heterocycles. The Morgan fingerprint density at radius 2 is 1.82 bits per heavy atom. The van der Waals surface area contributed by atoms with Crippen molar-refractivity contribution in [3.63, 3.8) is 0 Å². The van der Waals surface area contributed by atoms with Gasteiger partial charge in [0.15, 0.2) is 5.69 Å². The number of rotatable bonds is 7. The number of carbonyl (C=O) groups is 2. The summed E-state index contributed by atoms with van der Waals surface area (Å²) < 4.78 is 8.19. The van der Waals surface area contributed by atoms with E-state index in [1.54, 1.807) is 4.90 Å². The maximum Gasteiger partial charge on any atom is 0.276 e. The van der Waals surface area contributed by atoms with Gasteiger partial charge in [-0.05, 0) is 48.9 Å². The number of nitrogens with one attached hydrogen (secondary N) is 1. The highest BCUT2D eigenvalue weighted by molar-refractivity contribution is 6.99. The van der Waals surface area contributed by atoms with Gasteiger partial charge in [0.25, 0.3) is 5.91 Å². The van der Waals surface area contributed by atoms with E-state index in [0.29, 0.717) is 6.54 Å². The Morgan fingerprint density at radius 3 is 2.52 bits per heavy atom. The van der Waals surface area contributed by atoms with Crippen molar-refractivity contribution in [2.45, 2.75) is 64.6 Å². The Morgan fingerprint density at radius 1 is 1.06 bits per heavy atom. The lowest BCUT2D eigenvalue weighted by Gasteiger charge is -2.33. The molecule has 0 bridgehead atoms. The molecule has 0 radical (unpaired) electrons. The summed E-state index contributed by atoms with van der Waals surface area (Å²) >= 11 is 0.994. The Bertz CT molecular complexity index is 1080. The molecular weight excluding hydrogens is 432 g/mol. The summed E-state index contributed by atoms with van der Waals surface area (Å²) in [6.07, 6.45) is 6.89. The van der Waals surface area contributed by atoms with Crippen LogP contribution in [0.1, 0.15) is 70.9 Å². The van der Waals surface area contributed by atoms with Crippen LogP contribution in [0.15, 0.2) is 54.7 Å². The van der Waals surface area contributed by atoms with Crippen LogP contribution in [-0.4, -0.2) is 31.5 Å². The van der Waals surface area contributed by atoms with Gasteiger partial charge in [0.05, 0.1) is 17.9 Å². The molecule has 0 aliphatic heterocycles. The summed E-state index contributed by atoms with van der Waals surface area (Å²) in [4.78, 5) is 29.0. The van der Waals surface area contributed by atoms with E-state index in [9.17, 15) is 9.59 Å². The van der Waals surface area contributed by atoms with E-state index < -0.39 is 6.04 Å². The predicted molar refractivity (Wildman–Crippen MR) is 130 cm³/mol. The fourth-order valence-corrected chi connectivity index (χ4v) is 4.90. The van der Waals surface area contributed by atoms with E-state index in [1.807, 2.05) is 42.5 Å². The molecule has 7 heteroatoms. The predicted octanol–water partition coefficient (Wildman–Crippen LogP) is 4.99. The van der Waals surface area contributed by atoms with Crippen molar-refractivity contribution in [2.75, 3.05) is 0 Å². The summed E-state index contributed by atoms with van der Waals surface area (Å²) in [6, 6.07) is 15.0. The van der Waals surface area contributed by atoms with E-state index in [1.165, 1.54) is 12.6 Å². The van der Waals surface area contributed by atoms with Crippen LogP contribution in [0.4, 0.5) is 0 Å². The average molecular weight is 463 g/mol. The lowest BCUT2D eigenvalue weighted by Crippen LogP contribution is -2.47. The van der Waals surface area contributed by atoms with Crippen molar-refractivity contribution >= 4 is 23.5 Å². The van der Waals surface area contributed by atoms with E-state index in [4.69, 9.17) is 0 Å². The molecule has 0 saturated heterocycles. The molecule has 2 amide bonds. The fraction of sp³-hybridized carbons (Fsp3) is 0.385. The number of carbonyl (C=O) groups excluding carboxylic acids is 2. The van der Waals surface area contributed by atoms with E-state index in [2.05, 4.69) is 34.0 Å². The molecule has 3 aromatic rings. The van der Waals surface area contributed by atoms with Crippen LogP contribution < -0.4 is 5.32 Å². The number of hydrogen-bond donors (Lipinski definition) is 1. The third-order valence-electron chi connectivity index (χ3n) is 6.53. The van der Waals surface area contributed by atoms with Crippen LogP contribution in [0, 0.1) is 13.8 Å². The number of nitrogens with zero attached hydrogens (tertiary/aromatic N) is 3. The van der Waals surface area contributed by atoms with E-state index in [0.717, 1.165) is 59.7 Å². The van der Waals surface area contributed by atoms with E-state index >= 15 is 0 Å². The van der Waals surface area contributed by atoms with Gasteiger partial charge in [0.2, 0.25) is 5.91 Å². The van der Waals surface area contributed by atoms with Crippen LogP contribution in [0.25, 0.3) is 0 Å². The van der Waals surface area contributed by atoms with Crippen molar-refractivity contribution in [3.05, 3.63) is 82.7 Å². The highest BCUT2D eigenvalue weighted by atomic mass is 32.1. The Kier molecular flexibility index (Phi) is 7.50. The summed E-state index contributed by atoms with van der Waals surface area (Å²) in [5, 5.41) is 3.24. The third-order valence-corrected chi connectivity index (χ3v) is 7.00.